The zero-order valence-corrected chi connectivity index (χ0v) is 18.4. The van der Waals surface area contributed by atoms with Gasteiger partial charge in [-0.3, -0.25) is 15.0 Å². The minimum absolute atomic E-state index is 0.162. The van der Waals surface area contributed by atoms with Gasteiger partial charge in [0.25, 0.3) is 0 Å². The summed E-state index contributed by atoms with van der Waals surface area (Å²) in [5, 5.41) is 36.7. The Morgan fingerprint density at radius 1 is 0.588 bits per heavy atom. The maximum atomic E-state index is 11.0. The summed E-state index contributed by atoms with van der Waals surface area (Å²) < 4.78 is 0. The van der Waals surface area contributed by atoms with Crippen molar-refractivity contribution in [3.63, 3.8) is 0 Å². The van der Waals surface area contributed by atoms with Gasteiger partial charge in [-0.1, -0.05) is 0 Å². The van der Waals surface area contributed by atoms with Crippen LogP contribution in [0, 0.1) is 0 Å². The minimum atomic E-state index is -0.192. The summed E-state index contributed by atoms with van der Waals surface area (Å²) in [6, 6.07) is 11.8. The van der Waals surface area contributed by atoms with Crippen LogP contribution in [0.5, 0.6) is 5.75 Å². The predicted molar refractivity (Wildman–Crippen MR) is 128 cm³/mol. The smallest absolute Gasteiger partial charge is 0.173 e. The molecular weight excluding hydrogens is 432 g/mol. The molecule has 1 N–H and O–H groups in total. The van der Waals surface area contributed by atoms with Gasteiger partial charge in [-0.15, -0.1) is 15.3 Å². The number of phenols is 1. The normalized spacial score (nSPS) is 11.6. The number of rotatable bonds is 7. The number of aromatic hydroxyl groups is 1. The second-order valence-corrected chi connectivity index (χ2v) is 7.07. The molecule has 0 saturated carbocycles. The second-order valence-electron chi connectivity index (χ2n) is 7.07. The topological polar surface area (TPSA) is 136 Å². The fourth-order valence-corrected chi connectivity index (χ4v) is 2.87. The molecule has 0 amide bonds. The van der Waals surface area contributed by atoms with E-state index in [0.29, 0.717) is 28.4 Å². The van der Waals surface area contributed by atoms with Gasteiger partial charge < -0.3 is 10.0 Å². The van der Waals surface area contributed by atoms with Crippen molar-refractivity contribution in [2.75, 3.05) is 19.0 Å². The molecule has 3 heterocycles. The van der Waals surface area contributed by atoms with Crippen molar-refractivity contribution < 1.29 is 5.11 Å². The van der Waals surface area contributed by atoms with Crippen molar-refractivity contribution >= 4 is 39.8 Å². The van der Waals surface area contributed by atoms with Gasteiger partial charge in [-0.2, -0.15) is 15.3 Å². The number of anilines is 1. The Labute approximate surface area is 195 Å². The van der Waals surface area contributed by atoms with Gasteiger partial charge in [0, 0.05) is 51.3 Å². The molecule has 0 aliphatic carbocycles. The lowest BCUT2D eigenvalue weighted by atomic mass is 10.1. The van der Waals surface area contributed by atoms with Crippen LogP contribution in [0.25, 0.3) is 0 Å². The molecule has 4 rings (SSSR count). The molecule has 4 aromatic rings. The lowest BCUT2D eigenvalue weighted by Crippen LogP contribution is -2.09. The van der Waals surface area contributed by atoms with Crippen molar-refractivity contribution in [1.82, 2.24) is 15.0 Å². The van der Waals surface area contributed by atoms with Crippen LogP contribution in [0.15, 0.2) is 110 Å². The third-order valence-electron chi connectivity index (χ3n) is 4.45. The third kappa shape index (κ3) is 5.46. The van der Waals surface area contributed by atoms with Crippen LogP contribution in [-0.4, -0.2) is 34.2 Å². The van der Waals surface area contributed by atoms with E-state index in [1.165, 1.54) is 0 Å². The molecule has 11 heteroatoms. The molecule has 0 radical (unpaired) electrons. The van der Waals surface area contributed by atoms with E-state index >= 15 is 0 Å². The summed E-state index contributed by atoms with van der Waals surface area (Å²) in [6.45, 7) is 0. The molecule has 0 bridgehead atoms. The summed E-state index contributed by atoms with van der Waals surface area (Å²) in [4.78, 5) is 13.7. The summed E-state index contributed by atoms with van der Waals surface area (Å²) in [5.41, 5.74) is 3.04. The zero-order chi connectivity index (χ0) is 23.8. The molecule has 0 fully saturated rings. The quantitative estimate of drug-likeness (QED) is 0.304. The molecule has 0 saturated heterocycles. The lowest BCUT2D eigenvalue weighted by Gasteiger charge is -2.18. The SMILES string of the molecule is CN(C)c1c(/N=N/c2ccncc2)cc(/N=N/c2ccncc2)c(O)c1/N=N/c1ccncc1. The standard InChI is InChI=1S/C23H20N10O/c1-33(2)22-19(30-27-16-3-9-24-10-4-16)15-20(31-28-17-5-11-25-12-6-17)23(34)21(22)32-29-18-7-13-26-14-8-18/h3-15,34H,1-2H3/b30-27+,31-28+,32-29+. The van der Waals surface area contributed by atoms with Crippen LogP contribution < -0.4 is 4.90 Å². The average Bonchev–Trinajstić information content (AvgIpc) is 2.87. The van der Waals surface area contributed by atoms with Gasteiger partial charge in [0.15, 0.2) is 11.4 Å². The van der Waals surface area contributed by atoms with Crippen LogP contribution in [0.4, 0.5) is 39.8 Å². The Morgan fingerprint density at radius 2 is 1.00 bits per heavy atom. The van der Waals surface area contributed by atoms with Crippen LogP contribution in [0.3, 0.4) is 0 Å². The minimum Gasteiger partial charge on any atom is -0.504 e. The zero-order valence-electron chi connectivity index (χ0n) is 18.4. The highest BCUT2D eigenvalue weighted by atomic mass is 16.3. The molecule has 0 spiro atoms. The molecule has 168 valence electrons. The van der Waals surface area contributed by atoms with Gasteiger partial charge in [-0.25, -0.2) is 0 Å². The van der Waals surface area contributed by atoms with Crippen LogP contribution in [0.2, 0.25) is 0 Å². The van der Waals surface area contributed by atoms with E-state index in [1.54, 1.807) is 84.5 Å². The van der Waals surface area contributed by atoms with E-state index in [1.807, 2.05) is 14.1 Å². The first-order valence-corrected chi connectivity index (χ1v) is 10.1. The average molecular weight is 452 g/mol. The van der Waals surface area contributed by atoms with Gasteiger partial charge in [0.1, 0.15) is 11.4 Å². The number of azo groups is 3. The Bertz CT molecular complexity index is 1320. The van der Waals surface area contributed by atoms with E-state index < -0.39 is 0 Å². The highest BCUT2D eigenvalue weighted by Gasteiger charge is 2.20. The Hall–Kier alpha value is -4.93. The first-order valence-electron chi connectivity index (χ1n) is 10.1. The summed E-state index contributed by atoms with van der Waals surface area (Å²) >= 11 is 0. The Balaban J connectivity index is 1.85. The van der Waals surface area contributed by atoms with Crippen molar-refractivity contribution in [2.24, 2.45) is 30.7 Å². The predicted octanol–water partition coefficient (Wildman–Crippen LogP) is 6.89. The van der Waals surface area contributed by atoms with E-state index in [9.17, 15) is 5.11 Å². The second kappa shape index (κ2) is 10.6. The number of benzene rings is 1. The number of aromatic nitrogens is 3. The molecule has 1 aromatic carbocycles. The highest BCUT2D eigenvalue weighted by Crippen LogP contribution is 2.50. The van der Waals surface area contributed by atoms with Gasteiger partial charge >= 0.3 is 0 Å². The Kier molecular flexibility index (Phi) is 6.94. The molecule has 0 atom stereocenters. The third-order valence-corrected chi connectivity index (χ3v) is 4.45. The number of hydrogen-bond donors (Lipinski definition) is 1. The summed E-state index contributed by atoms with van der Waals surface area (Å²) in [7, 11) is 3.62. The number of nitrogens with zero attached hydrogens (tertiary/aromatic N) is 10. The molecule has 0 aliphatic heterocycles. The van der Waals surface area contributed by atoms with E-state index in [2.05, 4.69) is 45.6 Å². The van der Waals surface area contributed by atoms with Gasteiger partial charge in [-0.05, 0) is 42.5 Å². The van der Waals surface area contributed by atoms with Crippen molar-refractivity contribution in [1.29, 1.82) is 0 Å². The number of phenolic OH excluding ortho intramolecular Hbond substituents is 1. The largest absolute Gasteiger partial charge is 0.504 e. The maximum Gasteiger partial charge on any atom is 0.173 e. The maximum absolute atomic E-state index is 11.0. The Morgan fingerprint density at radius 3 is 1.44 bits per heavy atom. The molecule has 11 nitrogen and oxygen atoms in total. The van der Waals surface area contributed by atoms with Gasteiger partial charge in [0.05, 0.1) is 22.7 Å². The first kappa shape index (κ1) is 22.3. The molecular formula is C23H20N10O. The highest BCUT2D eigenvalue weighted by molar-refractivity contribution is 5.88. The van der Waals surface area contributed by atoms with Crippen molar-refractivity contribution in [3.8, 4) is 5.75 Å². The first-order chi connectivity index (χ1) is 16.6. The van der Waals surface area contributed by atoms with Crippen molar-refractivity contribution in [3.05, 3.63) is 79.6 Å². The van der Waals surface area contributed by atoms with E-state index in [0.717, 1.165) is 0 Å². The lowest BCUT2D eigenvalue weighted by molar-refractivity contribution is 0.477. The molecule has 0 unspecified atom stereocenters. The molecule has 34 heavy (non-hydrogen) atoms. The van der Waals surface area contributed by atoms with Crippen LogP contribution >= 0.6 is 0 Å². The summed E-state index contributed by atoms with van der Waals surface area (Å²) in [6.07, 6.45) is 9.67. The van der Waals surface area contributed by atoms with Crippen molar-refractivity contribution in [2.45, 2.75) is 0 Å². The number of pyridine rings is 3. The fraction of sp³-hybridized carbons (Fsp3) is 0.0870. The molecule has 0 aliphatic rings. The number of hydrogen-bond acceptors (Lipinski definition) is 11. The van der Waals surface area contributed by atoms with E-state index in [-0.39, 0.29) is 17.1 Å². The fourth-order valence-electron chi connectivity index (χ4n) is 2.87. The van der Waals surface area contributed by atoms with Crippen LogP contribution in [-0.2, 0) is 0 Å². The summed E-state index contributed by atoms with van der Waals surface area (Å²) in [5.74, 6) is -0.192. The molecule has 3 aromatic heterocycles. The monoisotopic (exact) mass is 452 g/mol. The van der Waals surface area contributed by atoms with E-state index in [4.69, 9.17) is 0 Å². The van der Waals surface area contributed by atoms with Gasteiger partial charge in [0.2, 0.25) is 0 Å². The van der Waals surface area contributed by atoms with Crippen LogP contribution in [0.1, 0.15) is 0 Å².